The maximum Gasteiger partial charge on any atom is 0.180 e. The molecule has 21 heavy (non-hydrogen) atoms. The molecule has 1 aromatic heterocycles. The van der Waals surface area contributed by atoms with Crippen LogP contribution in [0.3, 0.4) is 0 Å². The highest BCUT2D eigenvalue weighted by molar-refractivity contribution is 7.15. The van der Waals surface area contributed by atoms with Crippen LogP contribution in [0, 0.1) is 0 Å². The number of fused-ring (bicyclic) bond motifs is 1. The van der Waals surface area contributed by atoms with Crippen molar-refractivity contribution in [3.05, 3.63) is 46.5 Å². The number of nitrogens with two attached hydrogens (primary N) is 1. The van der Waals surface area contributed by atoms with Gasteiger partial charge in [-0.2, -0.15) is 0 Å². The largest absolute Gasteiger partial charge is 0.375 e. The zero-order valence-corrected chi connectivity index (χ0v) is 13.0. The first kappa shape index (κ1) is 13.3. The summed E-state index contributed by atoms with van der Waals surface area (Å²) in [6.07, 6.45) is 5.93. The fourth-order valence-corrected chi connectivity index (χ4v) is 4.99. The Labute approximate surface area is 129 Å². The molecular weight excluding hydrogens is 278 g/mol. The van der Waals surface area contributed by atoms with E-state index in [0.717, 1.165) is 24.4 Å². The molecule has 1 aromatic carbocycles. The molecule has 0 radical (unpaired) electrons. The summed E-state index contributed by atoms with van der Waals surface area (Å²) in [6.45, 7) is 2.44. The first-order chi connectivity index (χ1) is 10.3. The van der Waals surface area contributed by atoms with Gasteiger partial charge in [-0.1, -0.05) is 30.3 Å². The van der Waals surface area contributed by atoms with Gasteiger partial charge in [0.1, 0.15) is 0 Å². The van der Waals surface area contributed by atoms with Gasteiger partial charge in [-0.3, -0.25) is 4.90 Å². The molecule has 1 fully saturated rings. The average molecular weight is 299 g/mol. The van der Waals surface area contributed by atoms with E-state index in [-0.39, 0.29) is 5.54 Å². The molecular formula is C17H21N3S. The zero-order valence-electron chi connectivity index (χ0n) is 12.2. The molecule has 110 valence electrons. The molecule has 0 saturated carbocycles. The second-order valence-electron chi connectivity index (χ2n) is 6.19. The van der Waals surface area contributed by atoms with E-state index in [1.54, 1.807) is 11.3 Å². The van der Waals surface area contributed by atoms with Gasteiger partial charge in [-0.15, -0.1) is 11.3 Å². The van der Waals surface area contributed by atoms with Gasteiger partial charge in [0.15, 0.2) is 5.13 Å². The average Bonchev–Trinajstić information content (AvgIpc) is 3.15. The maximum atomic E-state index is 5.93. The van der Waals surface area contributed by atoms with E-state index in [9.17, 15) is 0 Å². The Morgan fingerprint density at radius 2 is 1.90 bits per heavy atom. The van der Waals surface area contributed by atoms with Crippen LogP contribution in [0.15, 0.2) is 30.3 Å². The fraction of sp³-hybridized carbons (Fsp3) is 0.471. The molecule has 2 aromatic rings. The van der Waals surface area contributed by atoms with Gasteiger partial charge in [0.2, 0.25) is 0 Å². The van der Waals surface area contributed by atoms with Crippen LogP contribution in [0.5, 0.6) is 0 Å². The highest BCUT2D eigenvalue weighted by Crippen LogP contribution is 2.44. The van der Waals surface area contributed by atoms with Gasteiger partial charge in [-0.25, -0.2) is 4.98 Å². The van der Waals surface area contributed by atoms with Crippen LogP contribution >= 0.6 is 11.3 Å². The quantitative estimate of drug-likeness (QED) is 0.926. The molecule has 2 heterocycles. The van der Waals surface area contributed by atoms with Crippen molar-refractivity contribution in [2.24, 2.45) is 0 Å². The lowest BCUT2D eigenvalue weighted by Gasteiger charge is -2.44. The summed E-state index contributed by atoms with van der Waals surface area (Å²) in [5.41, 5.74) is 8.79. The number of thiazole rings is 1. The number of nitrogen functional groups attached to an aromatic ring is 1. The molecule has 3 nitrogen and oxygen atoms in total. The van der Waals surface area contributed by atoms with E-state index in [2.05, 4.69) is 40.2 Å². The molecule has 0 amide bonds. The van der Waals surface area contributed by atoms with Gasteiger partial charge in [-0.05, 0) is 44.3 Å². The Morgan fingerprint density at radius 1 is 1.14 bits per heavy atom. The fourth-order valence-electron chi connectivity index (χ4n) is 4.01. The van der Waals surface area contributed by atoms with Crippen molar-refractivity contribution in [2.75, 3.05) is 18.8 Å². The number of rotatable bonds is 2. The Kier molecular flexibility index (Phi) is 3.23. The third-order valence-corrected chi connectivity index (χ3v) is 5.97. The number of likely N-dealkylation sites (tertiary alicyclic amines) is 1. The van der Waals surface area contributed by atoms with Crippen LogP contribution in [-0.2, 0) is 18.4 Å². The second-order valence-corrected chi connectivity index (χ2v) is 7.31. The standard InChI is InChI=1S/C17H21N3S/c18-16-19-14-8-9-17(12-15(14)21-16,20-10-4-5-11-20)13-6-2-1-3-7-13/h1-3,6-7H,4-5,8-12H2,(H2,18,19). The molecule has 4 rings (SSSR count). The van der Waals surface area contributed by atoms with Crippen LogP contribution in [0.2, 0.25) is 0 Å². The van der Waals surface area contributed by atoms with Crippen LogP contribution in [-0.4, -0.2) is 23.0 Å². The van der Waals surface area contributed by atoms with E-state index in [4.69, 9.17) is 5.73 Å². The number of anilines is 1. The van der Waals surface area contributed by atoms with Crippen molar-refractivity contribution in [1.29, 1.82) is 0 Å². The number of hydrogen-bond donors (Lipinski definition) is 1. The summed E-state index contributed by atoms with van der Waals surface area (Å²) in [7, 11) is 0. The summed E-state index contributed by atoms with van der Waals surface area (Å²) in [6, 6.07) is 11.1. The smallest absolute Gasteiger partial charge is 0.180 e. The topological polar surface area (TPSA) is 42.1 Å². The molecule has 4 heteroatoms. The predicted octanol–water partition coefficient (Wildman–Crippen LogP) is 3.21. The lowest BCUT2D eigenvalue weighted by atomic mass is 9.76. The normalized spacial score (nSPS) is 25.9. The zero-order chi connectivity index (χ0) is 14.3. The minimum absolute atomic E-state index is 0.156. The molecule has 2 N–H and O–H groups in total. The van der Waals surface area contributed by atoms with Gasteiger partial charge in [0.25, 0.3) is 0 Å². The number of nitrogens with zero attached hydrogens (tertiary/aromatic N) is 2. The Morgan fingerprint density at radius 3 is 2.67 bits per heavy atom. The minimum Gasteiger partial charge on any atom is -0.375 e. The van der Waals surface area contributed by atoms with Crippen molar-refractivity contribution in [3.63, 3.8) is 0 Å². The lowest BCUT2D eigenvalue weighted by Crippen LogP contribution is -2.48. The SMILES string of the molecule is Nc1nc2c(s1)CC(c1ccccc1)(N1CCCC1)CC2. The first-order valence-corrected chi connectivity index (χ1v) is 8.64. The van der Waals surface area contributed by atoms with Crippen molar-refractivity contribution >= 4 is 16.5 Å². The summed E-state index contributed by atoms with van der Waals surface area (Å²) in [4.78, 5) is 8.62. The van der Waals surface area contributed by atoms with E-state index >= 15 is 0 Å². The summed E-state index contributed by atoms with van der Waals surface area (Å²) < 4.78 is 0. The molecule has 0 bridgehead atoms. The van der Waals surface area contributed by atoms with Gasteiger partial charge in [0, 0.05) is 11.3 Å². The van der Waals surface area contributed by atoms with Crippen molar-refractivity contribution in [3.8, 4) is 0 Å². The van der Waals surface area contributed by atoms with E-state index in [0.29, 0.717) is 0 Å². The highest BCUT2D eigenvalue weighted by Gasteiger charge is 2.43. The molecule has 1 atom stereocenters. The summed E-state index contributed by atoms with van der Waals surface area (Å²) >= 11 is 1.69. The maximum absolute atomic E-state index is 5.93. The van der Waals surface area contributed by atoms with E-state index in [1.165, 1.54) is 42.1 Å². The van der Waals surface area contributed by atoms with Crippen LogP contribution in [0.25, 0.3) is 0 Å². The van der Waals surface area contributed by atoms with Crippen LogP contribution < -0.4 is 5.73 Å². The van der Waals surface area contributed by atoms with Crippen LogP contribution in [0.4, 0.5) is 5.13 Å². The Balaban J connectivity index is 1.78. The molecule has 1 saturated heterocycles. The van der Waals surface area contributed by atoms with Crippen molar-refractivity contribution < 1.29 is 0 Å². The van der Waals surface area contributed by atoms with Gasteiger partial charge >= 0.3 is 0 Å². The predicted molar refractivity (Wildman–Crippen MR) is 87.5 cm³/mol. The van der Waals surface area contributed by atoms with Gasteiger partial charge in [0.05, 0.1) is 11.2 Å². The minimum atomic E-state index is 0.156. The lowest BCUT2D eigenvalue weighted by molar-refractivity contribution is 0.0977. The molecule has 0 spiro atoms. The molecule has 1 aliphatic carbocycles. The second kappa shape index (κ2) is 5.11. The summed E-state index contributed by atoms with van der Waals surface area (Å²) in [5, 5.41) is 0.727. The monoisotopic (exact) mass is 299 g/mol. The van der Waals surface area contributed by atoms with E-state index < -0.39 is 0 Å². The van der Waals surface area contributed by atoms with Crippen molar-refractivity contribution in [2.45, 2.75) is 37.6 Å². The summed E-state index contributed by atoms with van der Waals surface area (Å²) in [5.74, 6) is 0. The first-order valence-electron chi connectivity index (χ1n) is 7.83. The molecule has 1 unspecified atom stereocenters. The van der Waals surface area contributed by atoms with Crippen LogP contribution in [0.1, 0.15) is 35.4 Å². The van der Waals surface area contributed by atoms with Gasteiger partial charge < -0.3 is 5.73 Å². The third-order valence-electron chi connectivity index (χ3n) is 5.05. The van der Waals surface area contributed by atoms with E-state index in [1.807, 2.05) is 0 Å². The third kappa shape index (κ3) is 2.17. The van der Waals surface area contributed by atoms with Crippen molar-refractivity contribution in [1.82, 2.24) is 9.88 Å². The number of aromatic nitrogens is 1. The number of hydrogen-bond acceptors (Lipinski definition) is 4. The molecule has 1 aliphatic heterocycles. The Bertz CT molecular complexity index is 631. The number of benzene rings is 1. The Hall–Kier alpha value is -1.39. The highest BCUT2D eigenvalue weighted by atomic mass is 32.1. The molecule has 2 aliphatic rings. The number of aryl methyl sites for hydroxylation is 1.